The normalized spacial score (nSPS) is 24.6. The number of benzene rings is 1. The largest absolute Gasteiger partial charge is 0.378 e. The molecule has 2 aliphatic rings. The first kappa shape index (κ1) is 15.6. The van der Waals surface area contributed by atoms with Gasteiger partial charge in [0, 0.05) is 20.2 Å². The van der Waals surface area contributed by atoms with Gasteiger partial charge in [0.2, 0.25) is 5.91 Å². The number of nitrogens with zero attached hydrogens (tertiary/aromatic N) is 3. The van der Waals surface area contributed by atoms with Gasteiger partial charge in [0.05, 0.1) is 29.6 Å². The molecule has 0 N–H and O–H groups in total. The van der Waals surface area contributed by atoms with Gasteiger partial charge < -0.3 is 14.2 Å². The third-order valence-electron chi connectivity index (χ3n) is 5.37. The van der Waals surface area contributed by atoms with Crippen molar-refractivity contribution in [2.75, 3.05) is 13.2 Å². The maximum Gasteiger partial charge on any atom is 0.225 e. The van der Waals surface area contributed by atoms with Crippen LogP contribution in [-0.4, -0.2) is 39.6 Å². The second kappa shape index (κ2) is 6.55. The van der Waals surface area contributed by atoms with E-state index in [1.165, 1.54) is 0 Å². The van der Waals surface area contributed by atoms with Crippen molar-refractivity contribution in [3.05, 3.63) is 30.1 Å². The summed E-state index contributed by atoms with van der Waals surface area (Å²) in [5.74, 6) is 1.23. The van der Waals surface area contributed by atoms with E-state index in [1.807, 2.05) is 23.1 Å². The van der Waals surface area contributed by atoms with Gasteiger partial charge in [-0.3, -0.25) is 4.79 Å². The Morgan fingerprint density at radius 1 is 1.25 bits per heavy atom. The minimum atomic E-state index is 0.0880. The molecule has 0 saturated carbocycles. The smallest absolute Gasteiger partial charge is 0.225 e. The molecule has 0 radical (unpaired) electrons. The first-order valence-corrected chi connectivity index (χ1v) is 9.06. The van der Waals surface area contributed by atoms with E-state index >= 15 is 0 Å². The van der Waals surface area contributed by atoms with E-state index in [0.717, 1.165) is 62.1 Å². The minimum Gasteiger partial charge on any atom is -0.378 e. The number of aromatic nitrogens is 2. The van der Waals surface area contributed by atoms with Crippen LogP contribution in [-0.2, 0) is 16.6 Å². The minimum absolute atomic E-state index is 0.0880. The number of fused-ring (bicyclic) bond motifs is 1. The number of imidazole rings is 1. The summed E-state index contributed by atoms with van der Waals surface area (Å²) in [5, 5.41) is 0. The van der Waals surface area contributed by atoms with Crippen molar-refractivity contribution in [1.82, 2.24) is 14.5 Å². The number of hydrogen-bond acceptors (Lipinski definition) is 3. The summed E-state index contributed by atoms with van der Waals surface area (Å²) in [5.41, 5.74) is 2.14. The Balaban J connectivity index is 1.60. The van der Waals surface area contributed by atoms with E-state index in [9.17, 15) is 4.79 Å². The molecule has 0 aliphatic carbocycles. The summed E-state index contributed by atoms with van der Waals surface area (Å²) in [6.07, 6.45) is 5.94. The van der Waals surface area contributed by atoms with Crippen LogP contribution in [0.4, 0.5) is 0 Å². The fourth-order valence-corrected chi connectivity index (χ4v) is 4.08. The lowest BCUT2D eigenvalue weighted by atomic mass is 10.00. The Labute approximate surface area is 142 Å². The maximum absolute atomic E-state index is 12.9. The van der Waals surface area contributed by atoms with Crippen molar-refractivity contribution in [3.63, 3.8) is 0 Å². The molecule has 1 aromatic carbocycles. The molecule has 3 heterocycles. The predicted octanol–water partition coefficient (Wildman–Crippen LogP) is 3.20. The van der Waals surface area contributed by atoms with Crippen LogP contribution in [0.3, 0.4) is 0 Å². The molecule has 24 heavy (non-hydrogen) atoms. The Bertz CT molecular complexity index is 733. The molecule has 0 unspecified atom stereocenters. The fraction of sp³-hybridized carbons (Fsp3) is 0.579. The average Bonchev–Trinajstić information content (AvgIpc) is 3.23. The van der Waals surface area contributed by atoms with E-state index in [0.29, 0.717) is 6.42 Å². The molecule has 1 aromatic heterocycles. The molecular weight excluding hydrogens is 302 g/mol. The summed E-state index contributed by atoms with van der Waals surface area (Å²) < 4.78 is 7.81. The third kappa shape index (κ3) is 2.81. The topological polar surface area (TPSA) is 47.4 Å². The predicted molar refractivity (Wildman–Crippen MR) is 92.6 cm³/mol. The summed E-state index contributed by atoms with van der Waals surface area (Å²) in [6, 6.07) is 8.27. The van der Waals surface area contributed by atoms with Crippen molar-refractivity contribution >= 4 is 16.9 Å². The van der Waals surface area contributed by atoms with Crippen LogP contribution >= 0.6 is 0 Å². The van der Waals surface area contributed by atoms with Gasteiger partial charge in [-0.25, -0.2) is 4.98 Å². The van der Waals surface area contributed by atoms with Gasteiger partial charge in [0.1, 0.15) is 5.82 Å². The van der Waals surface area contributed by atoms with E-state index in [4.69, 9.17) is 9.72 Å². The monoisotopic (exact) mass is 327 g/mol. The second-order valence-electron chi connectivity index (χ2n) is 6.96. The van der Waals surface area contributed by atoms with Gasteiger partial charge >= 0.3 is 0 Å². The third-order valence-corrected chi connectivity index (χ3v) is 5.37. The molecule has 0 bridgehead atoms. The standard InChI is InChI=1S/C19H25N3O2/c1-21-16-9-3-2-8-15(16)20-19(21)17-10-4-5-11-22(17)18(23)13-14-7-6-12-24-14/h2-3,8-9,14,17H,4-7,10-13H2,1H3/t14-,17-/m0/s1. The molecule has 5 nitrogen and oxygen atoms in total. The zero-order valence-electron chi connectivity index (χ0n) is 14.3. The molecule has 2 saturated heterocycles. The first-order valence-electron chi connectivity index (χ1n) is 9.06. The van der Waals surface area contributed by atoms with E-state index < -0.39 is 0 Å². The Morgan fingerprint density at radius 2 is 2.12 bits per heavy atom. The molecule has 0 spiro atoms. The van der Waals surface area contributed by atoms with Gasteiger partial charge in [0.25, 0.3) is 0 Å². The lowest BCUT2D eigenvalue weighted by Gasteiger charge is -2.35. The van der Waals surface area contributed by atoms with Crippen LogP contribution in [0.25, 0.3) is 11.0 Å². The average molecular weight is 327 g/mol. The van der Waals surface area contributed by atoms with Crippen LogP contribution in [0.2, 0.25) is 0 Å². The van der Waals surface area contributed by atoms with Gasteiger partial charge in [-0.1, -0.05) is 12.1 Å². The summed E-state index contributed by atoms with van der Waals surface area (Å²) in [4.78, 5) is 19.8. The highest BCUT2D eigenvalue weighted by atomic mass is 16.5. The summed E-state index contributed by atoms with van der Waals surface area (Å²) >= 11 is 0. The number of piperidine rings is 1. The SMILES string of the molecule is Cn1c([C@@H]2CCCCN2C(=O)C[C@@H]2CCCO2)nc2ccccc21. The molecule has 2 fully saturated rings. The summed E-state index contributed by atoms with van der Waals surface area (Å²) in [6.45, 7) is 1.63. The van der Waals surface area contributed by atoms with Gasteiger partial charge in [-0.05, 0) is 44.2 Å². The van der Waals surface area contributed by atoms with E-state index in [1.54, 1.807) is 0 Å². The van der Waals surface area contributed by atoms with Crippen molar-refractivity contribution in [1.29, 1.82) is 0 Å². The number of likely N-dealkylation sites (tertiary alicyclic amines) is 1. The number of hydrogen-bond donors (Lipinski definition) is 0. The van der Waals surface area contributed by atoms with Gasteiger partial charge in [0.15, 0.2) is 0 Å². The number of rotatable bonds is 3. The molecule has 128 valence electrons. The lowest BCUT2D eigenvalue weighted by Crippen LogP contribution is -2.40. The van der Waals surface area contributed by atoms with Crippen molar-refractivity contribution in [3.8, 4) is 0 Å². The second-order valence-corrected chi connectivity index (χ2v) is 6.96. The number of ether oxygens (including phenoxy) is 1. The molecule has 2 aliphatic heterocycles. The highest BCUT2D eigenvalue weighted by Gasteiger charge is 2.32. The molecular formula is C19H25N3O2. The Kier molecular flexibility index (Phi) is 4.27. The number of para-hydroxylation sites is 2. The van der Waals surface area contributed by atoms with Crippen molar-refractivity contribution in [2.24, 2.45) is 7.05 Å². The van der Waals surface area contributed by atoms with Crippen molar-refractivity contribution < 1.29 is 9.53 Å². The van der Waals surface area contributed by atoms with Crippen LogP contribution in [0.5, 0.6) is 0 Å². The van der Waals surface area contributed by atoms with Crippen LogP contribution < -0.4 is 0 Å². The maximum atomic E-state index is 12.9. The number of carbonyl (C=O) groups is 1. The lowest BCUT2D eigenvalue weighted by molar-refractivity contribution is -0.137. The Hall–Kier alpha value is -1.88. The molecule has 2 aromatic rings. The number of amides is 1. The van der Waals surface area contributed by atoms with Gasteiger partial charge in [-0.15, -0.1) is 0 Å². The molecule has 4 rings (SSSR count). The summed E-state index contributed by atoms with van der Waals surface area (Å²) in [7, 11) is 2.06. The molecule has 5 heteroatoms. The Morgan fingerprint density at radius 3 is 2.92 bits per heavy atom. The quantitative estimate of drug-likeness (QED) is 0.870. The van der Waals surface area contributed by atoms with Crippen LogP contribution in [0, 0.1) is 0 Å². The van der Waals surface area contributed by atoms with E-state index in [-0.39, 0.29) is 18.1 Å². The van der Waals surface area contributed by atoms with Gasteiger partial charge in [-0.2, -0.15) is 0 Å². The number of aryl methyl sites for hydroxylation is 1. The zero-order valence-corrected chi connectivity index (χ0v) is 14.3. The highest BCUT2D eigenvalue weighted by molar-refractivity contribution is 5.78. The van der Waals surface area contributed by atoms with E-state index in [2.05, 4.69) is 17.7 Å². The number of carbonyl (C=O) groups excluding carboxylic acids is 1. The van der Waals surface area contributed by atoms with Crippen LogP contribution in [0.1, 0.15) is 50.4 Å². The van der Waals surface area contributed by atoms with Crippen LogP contribution in [0.15, 0.2) is 24.3 Å². The molecule has 2 atom stereocenters. The fourth-order valence-electron chi connectivity index (χ4n) is 4.08. The highest BCUT2D eigenvalue weighted by Crippen LogP contribution is 2.33. The van der Waals surface area contributed by atoms with Crippen molar-refractivity contribution in [2.45, 2.75) is 50.7 Å². The first-order chi connectivity index (χ1) is 11.7. The molecule has 1 amide bonds. The zero-order chi connectivity index (χ0) is 16.5.